The summed E-state index contributed by atoms with van der Waals surface area (Å²) < 4.78 is 0. The molecule has 20 heavy (non-hydrogen) atoms. The number of hydrogen-bond acceptors (Lipinski definition) is 4. The Bertz CT molecular complexity index is 543. The van der Waals surface area contributed by atoms with Gasteiger partial charge in [-0.3, -0.25) is 9.59 Å². The van der Waals surface area contributed by atoms with E-state index in [9.17, 15) is 19.8 Å². The Kier molecular flexibility index (Phi) is 3.10. The Morgan fingerprint density at radius 2 is 1.95 bits per heavy atom. The lowest BCUT2D eigenvalue weighted by atomic mass is 10.0. The van der Waals surface area contributed by atoms with Crippen LogP contribution < -0.4 is 5.32 Å². The van der Waals surface area contributed by atoms with Crippen LogP contribution in [0.1, 0.15) is 12.0 Å². The number of aliphatic hydroxyl groups is 1. The van der Waals surface area contributed by atoms with E-state index in [0.717, 1.165) is 5.56 Å². The number of carbonyl (C=O) groups excluding carboxylic acids is 2. The lowest BCUT2D eigenvalue weighted by molar-refractivity contribution is -0.149. The molecule has 2 saturated heterocycles. The van der Waals surface area contributed by atoms with Crippen LogP contribution >= 0.6 is 0 Å². The number of hydrogen-bond donors (Lipinski definition) is 3. The van der Waals surface area contributed by atoms with E-state index in [1.165, 1.54) is 4.90 Å². The lowest BCUT2D eigenvalue weighted by Crippen LogP contribution is -2.63. The van der Waals surface area contributed by atoms with Crippen molar-refractivity contribution in [3.63, 3.8) is 0 Å². The molecule has 2 heterocycles. The topological polar surface area (TPSA) is 89.9 Å². The van der Waals surface area contributed by atoms with Gasteiger partial charge in [0.05, 0.1) is 6.10 Å². The minimum absolute atomic E-state index is 0.153. The van der Waals surface area contributed by atoms with Gasteiger partial charge < -0.3 is 20.4 Å². The zero-order valence-corrected chi connectivity index (χ0v) is 10.8. The van der Waals surface area contributed by atoms with Gasteiger partial charge in [-0.1, -0.05) is 12.1 Å². The first kappa shape index (κ1) is 12.9. The number of benzene rings is 1. The largest absolute Gasteiger partial charge is 0.508 e. The predicted molar refractivity (Wildman–Crippen MR) is 69.9 cm³/mol. The standard InChI is InChI=1S/C14H16N2O4/c17-9-3-1-8(2-4-9)7-10-14(20)16-6-5-11(18)12(16)13(19)15-10/h1-4,10-12,17-18H,5-7H2,(H,15,19). The average Bonchev–Trinajstić information content (AvgIpc) is 2.81. The molecule has 3 unspecified atom stereocenters. The maximum atomic E-state index is 12.3. The number of carbonyl (C=O) groups is 2. The molecular weight excluding hydrogens is 260 g/mol. The number of aliphatic hydroxyl groups excluding tert-OH is 1. The van der Waals surface area contributed by atoms with Crippen molar-refractivity contribution in [3.8, 4) is 5.75 Å². The van der Waals surface area contributed by atoms with Crippen LogP contribution in [0.25, 0.3) is 0 Å². The van der Waals surface area contributed by atoms with Crippen LogP contribution in [0.3, 0.4) is 0 Å². The second kappa shape index (κ2) is 4.79. The van der Waals surface area contributed by atoms with Gasteiger partial charge in [-0.2, -0.15) is 0 Å². The second-order valence-electron chi connectivity index (χ2n) is 5.26. The first-order valence-corrected chi connectivity index (χ1v) is 6.63. The van der Waals surface area contributed by atoms with E-state index in [1.807, 2.05) is 0 Å². The first-order valence-electron chi connectivity index (χ1n) is 6.63. The Hall–Kier alpha value is -2.08. The van der Waals surface area contributed by atoms with Gasteiger partial charge in [0.2, 0.25) is 11.8 Å². The predicted octanol–water partition coefficient (Wildman–Crippen LogP) is -0.605. The fourth-order valence-corrected chi connectivity index (χ4v) is 2.86. The van der Waals surface area contributed by atoms with Crippen molar-refractivity contribution in [2.75, 3.05) is 6.54 Å². The number of aromatic hydroxyl groups is 1. The molecule has 3 atom stereocenters. The third-order valence-electron chi connectivity index (χ3n) is 3.91. The van der Waals surface area contributed by atoms with Gasteiger partial charge in [-0.15, -0.1) is 0 Å². The van der Waals surface area contributed by atoms with Crippen LogP contribution in [0, 0.1) is 0 Å². The zero-order valence-electron chi connectivity index (χ0n) is 10.8. The molecule has 0 aliphatic carbocycles. The molecule has 106 valence electrons. The second-order valence-corrected chi connectivity index (χ2v) is 5.26. The molecule has 0 aromatic heterocycles. The van der Waals surface area contributed by atoms with E-state index in [-0.39, 0.29) is 17.6 Å². The SMILES string of the molecule is O=C1NC(Cc2ccc(O)cc2)C(=O)N2CCC(O)C12. The summed E-state index contributed by atoms with van der Waals surface area (Å²) in [4.78, 5) is 25.8. The number of phenolic OH excluding ortho intramolecular Hbond substituents is 1. The highest BCUT2D eigenvalue weighted by molar-refractivity contribution is 5.98. The normalized spacial score (nSPS) is 29.2. The quantitative estimate of drug-likeness (QED) is 0.672. The van der Waals surface area contributed by atoms with Crippen molar-refractivity contribution in [1.29, 1.82) is 0 Å². The van der Waals surface area contributed by atoms with E-state index in [4.69, 9.17) is 0 Å². The summed E-state index contributed by atoms with van der Waals surface area (Å²) in [5.74, 6) is -0.284. The van der Waals surface area contributed by atoms with E-state index in [1.54, 1.807) is 24.3 Å². The molecular formula is C14H16N2O4. The fraction of sp³-hybridized carbons (Fsp3) is 0.429. The highest BCUT2D eigenvalue weighted by Gasteiger charge is 2.47. The number of amides is 2. The van der Waals surface area contributed by atoms with Crippen LogP contribution in [-0.2, 0) is 16.0 Å². The van der Waals surface area contributed by atoms with Crippen LogP contribution in [0.5, 0.6) is 5.75 Å². The number of nitrogens with zero attached hydrogens (tertiary/aromatic N) is 1. The van der Waals surface area contributed by atoms with E-state index in [0.29, 0.717) is 19.4 Å². The zero-order chi connectivity index (χ0) is 14.3. The van der Waals surface area contributed by atoms with Crippen LogP contribution in [0.15, 0.2) is 24.3 Å². The number of rotatable bonds is 2. The van der Waals surface area contributed by atoms with Gasteiger partial charge in [0.15, 0.2) is 0 Å². The molecule has 2 amide bonds. The van der Waals surface area contributed by atoms with E-state index < -0.39 is 18.2 Å². The van der Waals surface area contributed by atoms with Crippen molar-refractivity contribution < 1.29 is 19.8 Å². The molecule has 1 aromatic rings. The van der Waals surface area contributed by atoms with Gasteiger partial charge in [0.1, 0.15) is 17.8 Å². The Balaban J connectivity index is 1.76. The highest BCUT2D eigenvalue weighted by atomic mass is 16.3. The molecule has 0 spiro atoms. The molecule has 0 bridgehead atoms. The number of fused-ring (bicyclic) bond motifs is 1. The summed E-state index contributed by atoms with van der Waals surface area (Å²) >= 11 is 0. The fourth-order valence-electron chi connectivity index (χ4n) is 2.86. The summed E-state index contributed by atoms with van der Waals surface area (Å²) in [5.41, 5.74) is 0.861. The van der Waals surface area contributed by atoms with Crippen molar-refractivity contribution in [2.24, 2.45) is 0 Å². The summed E-state index contributed by atoms with van der Waals surface area (Å²) in [6.07, 6.45) is 0.0495. The molecule has 6 heteroatoms. The van der Waals surface area contributed by atoms with Crippen LogP contribution in [0.4, 0.5) is 0 Å². The third kappa shape index (κ3) is 2.12. The minimum atomic E-state index is -0.770. The number of piperazine rings is 1. The Labute approximate surface area is 116 Å². The smallest absolute Gasteiger partial charge is 0.246 e. The molecule has 3 N–H and O–H groups in total. The van der Waals surface area contributed by atoms with Gasteiger partial charge in [-0.25, -0.2) is 0 Å². The van der Waals surface area contributed by atoms with Gasteiger partial charge in [-0.05, 0) is 24.1 Å². The molecule has 2 fully saturated rings. The number of phenols is 1. The Morgan fingerprint density at radius 3 is 2.65 bits per heavy atom. The summed E-state index contributed by atoms with van der Waals surface area (Å²) in [7, 11) is 0. The monoisotopic (exact) mass is 276 g/mol. The molecule has 3 rings (SSSR count). The third-order valence-corrected chi connectivity index (χ3v) is 3.91. The molecule has 1 aromatic carbocycles. The highest BCUT2D eigenvalue weighted by Crippen LogP contribution is 2.24. The maximum absolute atomic E-state index is 12.3. The molecule has 2 aliphatic heterocycles. The van der Waals surface area contributed by atoms with Crippen molar-refractivity contribution >= 4 is 11.8 Å². The van der Waals surface area contributed by atoms with Crippen LogP contribution in [0.2, 0.25) is 0 Å². The summed E-state index contributed by atoms with van der Waals surface area (Å²) in [5, 5.41) is 21.7. The van der Waals surface area contributed by atoms with E-state index in [2.05, 4.69) is 5.32 Å². The maximum Gasteiger partial charge on any atom is 0.246 e. The minimum Gasteiger partial charge on any atom is -0.508 e. The average molecular weight is 276 g/mol. The van der Waals surface area contributed by atoms with Gasteiger partial charge in [0.25, 0.3) is 0 Å². The van der Waals surface area contributed by atoms with Crippen molar-refractivity contribution in [1.82, 2.24) is 10.2 Å². The molecule has 0 radical (unpaired) electrons. The lowest BCUT2D eigenvalue weighted by Gasteiger charge is -2.35. The first-order chi connectivity index (χ1) is 9.56. The summed E-state index contributed by atoms with van der Waals surface area (Å²) in [6, 6.07) is 5.20. The number of nitrogens with one attached hydrogen (secondary N) is 1. The Morgan fingerprint density at radius 1 is 1.25 bits per heavy atom. The molecule has 6 nitrogen and oxygen atoms in total. The van der Waals surface area contributed by atoms with Crippen molar-refractivity contribution in [3.05, 3.63) is 29.8 Å². The van der Waals surface area contributed by atoms with Crippen LogP contribution in [-0.4, -0.2) is 51.7 Å². The summed E-state index contributed by atoms with van der Waals surface area (Å²) in [6.45, 7) is 0.421. The molecule has 0 saturated carbocycles. The molecule has 2 aliphatic rings. The van der Waals surface area contributed by atoms with Gasteiger partial charge >= 0.3 is 0 Å². The van der Waals surface area contributed by atoms with Crippen molar-refractivity contribution in [2.45, 2.75) is 31.0 Å². The van der Waals surface area contributed by atoms with Gasteiger partial charge in [0, 0.05) is 13.0 Å². The van der Waals surface area contributed by atoms with E-state index >= 15 is 0 Å².